The van der Waals surface area contributed by atoms with Gasteiger partial charge in [0.25, 0.3) is 0 Å². The van der Waals surface area contributed by atoms with E-state index in [2.05, 4.69) is 61.8 Å². The largest absolute Gasteiger partial charge is 0.236 e. The first kappa shape index (κ1) is 14.3. The Balaban J connectivity index is 1.94. The number of aromatic nitrogens is 3. The summed E-state index contributed by atoms with van der Waals surface area (Å²) in [4.78, 5) is 4.44. The third-order valence-electron chi connectivity index (χ3n) is 3.48. The molecule has 3 heteroatoms. The summed E-state index contributed by atoms with van der Waals surface area (Å²) in [6, 6.07) is 10.2. The van der Waals surface area contributed by atoms with Gasteiger partial charge in [0.15, 0.2) is 5.65 Å². The van der Waals surface area contributed by atoms with Crippen LogP contribution in [0, 0.1) is 18.8 Å². The van der Waals surface area contributed by atoms with Gasteiger partial charge in [0.05, 0.1) is 11.3 Å². The van der Waals surface area contributed by atoms with E-state index in [-0.39, 0.29) is 5.41 Å². The topological polar surface area (TPSA) is 30.2 Å². The molecule has 0 aliphatic rings. The summed E-state index contributed by atoms with van der Waals surface area (Å²) >= 11 is 0. The van der Waals surface area contributed by atoms with E-state index in [4.69, 9.17) is 0 Å². The summed E-state index contributed by atoms with van der Waals surface area (Å²) in [5.41, 5.74) is 4.99. The van der Waals surface area contributed by atoms with E-state index in [0.717, 1.165) is 22.5 Å². The highest BCUT2D eigenvalue weighted by molar-refractivity contribution is 5.46. The number of rotatable bonds is 0. The maximum Gasteiger partial charge on any atom is 0.155 e. The number of hydrogen-bond acceptors (Lipinski definition) is 2. The molecular weight excluding hydrogens is 270 g/mol. The summed E-state index contributed by atoms with van der Waals surface area (Å²) in [5.74, 6) is 6.31. The van der Waals surface area contributed by atoms with E-state index in [1.54, 1.807) is 10.7 Å². The van der Waals surface area contributed by atoms with Gasteiger partial charge >= 0.3 is 0 Å². The first-order valence-electron chi connectivity index (χ1n) is 7.36. The second-order valence-corrected chi connectivity index (χ2v) is 6.54. The van der Waals surface area contributed by atoms with Crippen molar-refractivity contribution in [1.29, 1.82) is 0 Å². The molecule has 3 rings (SSSR count). The van der Waals surface area contributed by atoms with E-state index in [0.29, 0.717) is 0 Å². The van der Waals surface area contributed by atoms with Gasteiger partial charge in [-0.1, -0.05) is 50.3 Å². The van der Waals surface area contributed by atoms with Crippen LogP contribution in [0.25, 0.3) is 5.65 Å². The molecule has 1 aromatic carbocycles. The van der Waals surface area contributed by atoms with Gasteiger partial charge in [0.2, 0.25) is 0 Å². The first-order valence-corrected chi connectivity index (χ1v) is 7.36. The first-order chi connectivity index (χ1) is 10.4. The van der Waals surface area contributed by atoms with Gasteiger partial charge in [0, 0.05) is 29.4 Å². The van der Waals surface area contributed by atoms with Crippen molar-refractivity contribution in [3.05, 3.63) is 65.1 Å². The van der Waals surface area contributed by atoms with E-state index >= 15 is 0 Å². The Kier molecular flexibility index (Phi) is 3.46. The van der Waals surface area contributed by atoms with Crippen LogP contribution in [-0.4, -0.2) is 14.6 Å². The minimum absolute atomic E-state index is 0.0153. The SMILES string of the molecule is Cc1ccc(C#Cc2cnc3cc(C(C)(C)C)nn3c2)cc1. The zero-order valence-electron chi connectivity index (χ0n) is 13.4. The quantitative estimate of drug-likeness (QED) is 0.590. The Morgan fingerprint density at radius 3 is 2.36 bits per heavy atom. The third-order valence-corrected chi connectivity index (χ3v) is 3.48. The Labute approximate surface area is 131 Å². The summed E-state index contributed by atoms with van der Waals surface area (Å²) < 4.78 is 1.81. The standard InChI is InChI=1S/C19H19N3/c1-14-5-7-15(8-6-14)9-10-16-12-20-18-11-17(19(2,3)4)21-22(18)13-16/h5-8,11-13H,1-4H3. The van der Waals surface area contributed by atoms with Crippen LogP contribution in [0.4, 0.5) is 0 Å². The molecule has 3 nitrogen and oxygen atoms in total. The molecule has 0 radical (unpaired) electrons. The van der Waals surface area contributed by atoms with Crippen LogP contribution >= 0.6 is 0 Å². The van der Waals surface area contributed by atoms with E-state index in [1.165, 1.54) is 5.56 Å². The van der Waals surface area contributed by atoms with Gasteiger partial charge in [0.1, 0.15) is 0 Å². The van der Waals surface area contributed by atoms with Crippen molar-refractivity contribution >= 4 is 5.65 Å². The van der Waals surface area contributed by atoms with Crippen molar-refractivity contribution < 1.29 is 0 Å². The molecule has 0 atom stereocenters. The predicted molar refractivity (Wildman–Crippen MR) is 88.8 cm³/mol. The zero-order valence-corrected chi connectivity index (χ0v) is 13.4. The van der Waals surface area contributed by atoms with Crippen LogP contribution in [-0.2, 0) is 5.41 Å². The highest BCUT2D eigenvalue weighted by Crippen LogP contribution is 2.21. The summed E-state index contributed by atoms with van der Waals surface area (Å²) in [6.45, 7) is 8.51. The maximum absolute atomic E-state index is 4.60. The molecule has 0 saturated carbocycles. The molecule has 0 saturated heterocycles. The third kappa shape index (κ3) is 3.01. The van der Waals surface area contributed by atoms with Crippen LogP contribution in [0.2, 0.25) is 0 Å². The fourth-order valence-corrected chi connectivity index (χ4v) is 2.09. The smallest absolute Gasteiger partial charge is 0.155 e. The van der Waals surface area contributed by atoms with Crippen LogP contribution in [0.3, 0.4) is 0 Å². The highest BCUT2D eigenvalue weighted by Gasteiger charge is 2.17. The van der Waals surface area contributed by atoms with E-state index in [9.17, 15) is 0 Å². The van der Waals surface area contributed by atoms with E-state index in [1.807, 2.05) is 24.4 Å². The Morgan fingerprint density at radius 1 is 1.00 bits per heavy atom. The Morgan fingerprint density at radius 2 is 1.68 bits per heavy atom. The molecule has 2 aromatic heterocycles. The van der Waals surface area contributed by atoms with Crippen LogP contribution in [0.5, 0.6) is 0 Å². The van der Waals surface area contributed by atoms with Crippen molar-refractivity contribution in [2.24, 2.45) is 0 Å². The number of fused-ring (bicyclic) bond motifs is 1. The molecule has 0 aliphatic heterocycles. The van der Waals surface area contributed by atoms with Gasteiger partial charge in [-0.3, -0.25) is 0 Å². The van der Waals surface area contributed by atoms with Crippen LogP contribution < -0.4 is 0 Å². The molecule has 0 unspecified atom stereocenters. The summed E-state index contributed by atoms with van der Waals surface area (Å²) in [6.07, 6.45) is 3.73. The second-order valence-electron chi connectivity index (χ2n) is 6.54. The van der Waals surface area contributed by atoms with Gasteiger partial charge in [-0.2, -0.15) is 5.10 Å². The minimum Gasteiger partial charge on any atom is -0.236 e. The molecule has 0 N–H and O–H groups in total. The highest BCUT2D eigenvalue weighted by atomic mass is 15.2. The fourth-order valence-electron chi connectivity index (χ4n) is 2.09. The van der Waals surface area contributed by atoms with Gasteiger partial charge in [-0.25, -0.2) is 9.50 Å². The zero-order chi connectivity index (χ0) is 15.7. The number of hydrogen-bond donors (Lipinski definition) is 0. The molecule has 0 aliphatic carbocycles. The van der Waals surface area contributed by atoms with Crippen molar-refractivity contribution in [2.75, 3.05) is 0 Å². The lowest BCUT2D eigenvalue weighted by Gasteiger charge is -2.13. The number of nitrogens with zero attached hydrogens (tertiary/aromatic N) is 3. The fraction of sp³-hybridized carbons (Fsp3) is 0.263. The molecule has 0 bridgehead atoms. The van der Waals surface area contributed by atoms with Crippen molar-refractivity contribution in [1.82, 2.24) is 14.6 Å². The lowest BCUT2D eigenvalue weighted by molar-refractivity contribution is 0.562. The lowest BCUT2D eigenvalue weighted by Crippen LogP contribution is -2.11. The number of aryl methyl sites for hydroxylation is 1. The van der Waals surface area contributed by atoms with E-state index < -0.39 is 0 Å². The maximum atomic E-state index is 4.60. The van der Waals surface area contributed by atoms with Crippen molar-refractivity contribution in [2.45, 2.75) is 33.1 Å². The Bertz CT molecular complexity index is 869. The molecule has 0 amide bonds. The Hall–Kier alpha value is -2.60. The molecular formula is C19H19N3. The van der Waals surface area contributed by atoms with Crippen LogP contribution in [0.1, 0.15) is 43.2 Å². The molecule has 3 aromatic rings. The molecule has 0 fully saturated rings. The number of benzene rings is 1. The monoisotopic (exact) mass is 289 g/mol. The normalized spacial score (nSPS) is 11.3. The molecule has 2 heterocycles. The van der Waals surface area contributed by atoms with Crippen molar-refractivity contribution in [3.63, 3.8) is 0 Å². The second kappa shape index (κ2) is 5.31. The molecule has 22 heavy (non-hydrogen) atoms. The lowest BCUT2D eigenvalue weighted by atomic mass is 9.93. The average Bonchev–Trinajstić information content (AvgIpc) is 2.90. The summed E-state index contributed by atoms with van der Waals surface area (Å²) in [5, 5.41) is 4.60. The molecule has 0 spiro atoms. The minimum atomic E-state index is 0.0153. The van der Waals surface area contributed by atoms with Gasteiger partial charge < -0.3 is 0 Å². The predicted octanol–water partition coefficient (Wildman–Crippen LogP) is 3.74. The van der Waals surface area contributed by atoms with Crippen molar-refractivity contribution in [3.8, 4) is 11.8 Å². The van der Waals surface area contributed by atoms with Gasteiger partial charge in [-0.05, 0) is 19.1 Å². The molecule has 110 valence electrons. The van der Waals surface area contributed by atoms with Gasteiger partial charge in [-0.15, -0.1) is 0 Å². The summed E-state index contributed by atoms with van der Waals surface area (Å²) in [7, 11) is 0. The average molecular weight is 289 g/mol. The van der Waals surface area contributed by atoms with Crippen LogP contribution in [0.15, 0.2) is 42.7 Å².